The average molecular weight is 158 g/mol. The number of carbonyl (C=O) groups excluding carboxylic acids is 1. The first-order chi connectivity index (χ1) is 4.74. The van der Waals surface area contributed by atoms with Gasteiger partial charge >= 0.3 is 0 Å². The van der Waals surface area contributed by atoms with Crippen LogP contribution in [0.2, 0.25) is 0 Å². The van der Waals surface area contributed by atoms with Crippen molar-refractivity contribution in [1.29, 1.82) is 0 Å². The highest BCUT2D eigenvalue weighted by Gasteiger charge is 2.18. The summed E-state index contributed by atoms with van der Waals surface area (Å²) >= 11 is 3.65. The second-order valence-electron chi connectivity index (χ2n) is 2.30. The van der Waals surface area contributed by atoms with Crippen LogP contribution in [0.15, 0.2) is 5.10 Å². The first-order valence-electron chi connectivity index (χ1n) is 3.28. The van der Waals surface area contributed by atoms with Gasteiger partial charge < -0.3 is 0 Å². The van der Waals surface area contributed by atoms with E-state index in [0.29, 0.717) is 12.5 Å². The second-order valence-corrected chi connectivity index (χ2v) is 2.68. The molecule has 0 radical (unpaired) electrons. The molecule has 0 saturated carbocycles. The Morgan fingerprint density at radius 3 is 3.00 bits per heavy atom. The normalized spacial score (nSPS) is 23.8. The van der Waals surface area contributed by atoms with Gasteiger partial charge in [0.1, 0.15) is 0 Å². The van der Waals surface area contributed by atoms with Crippen LogP contribution in [-0.2, 0) is 0 Å². The van der Waals surface area contributed by atoms with E-state index in [1.54, 1.807) is 6.21 Å². The number of hydrazone groups is 1. The van der Waals surface area contributed by atoms with Crippen molar-refractivity contribution in [3.05, 3.63) is 0 Å². The van der Waals surface area contributed by atoms with Gasteiger partial charge in [-0.3, -0.25) is 4.79 Å². The molecule has 1 aliphatic rings. The quantitative estimate of drug-likeness (QED) is 0.574. The topological polar surface area (TPSA) is 32.7 Å². The van der Waals surface area contributed by atoms with Crippen LogP contribution in [0.4, 0.5) is 4.79 Å². The second kappa shape index (κ2) is 3.05. The van der Waals surface area contributed by atoms with E-state index in [1.165, 1.54) is 5.01 Å². The minimum absolute atomic E-state index is 0.271. The van der Waals surface area contributed by atoms with Crippen LogP contribution in [0.5, 0.6) is 0 Å². The fourth-order valence-corrected chi connectivity index (χ4v) is 0.986. The molecule has 1 unspecified atom stereocenters. The summed E-state index contributed by atoms with van der Waals surface area (Å²) in [6.45, 7) is 2.77. The Morgan fingerprint density at radius 1 is 2.00 bits per heavy atom. The van der Waals surface area contributed by atoms with Gasteiger partial charge in [0.05, 0.1) is 6.54 Å². The zero-order valence-electron chi connectivity index (χ0n) is 5.82. The zero-order chi connectivity index (χ0) is 7.56. The predicted molar refractivity (Wildman–Crippen MR) is 43.4 cm³/mol. The number of carbonyl (C=O) groups is 1. The van der Waals surface area contributed by atoms with Gasteiger partial charge in [-0.2, -0.15) is 5.10 Å². The van der Waals surface area contributed by atoms with Gasteiger partial charge in [0, 0.05) is 12.1 Å². The highest BCUT2D eigenvalue weighted by atomic mass is 32.1. The standard InChI is InChI=1S/C6H10N2OS/c1-2-5-3-7-8(4-5)6(9)10/h3,5H,2,4H2,1H3,(H,9,10). The summed E-state index contributed by atoms with van der Waals surface area (Å²) in [6, 6.07) is 0. The van der Waals surface area contributed by atoms with Crippen LogP contribution in [0.3, 0.4) is 0 Å². The predicted octanol–water partition coefficient (Wildman–Crippen LogP) is 1.36. The largest absolute Gasteiger partial charge is 0.298 e. The van der Waals surface area contributed by atoms with Crippen LogP contribution in [0.25, 0.3) is 0 Å². The van der Waals surface area contributed by atoms with Crippen molar-refractivity contribution in [3.63, 3.8) is 0 Å². The summed E-state index contributed by atoms with van der Waals surface area (Å²) in [4.78, 5) is 10.6. The van der Waals surface area contributed by atoms with Crippen LogP contribution in [0, 0.1) is 5.92 Å². The molecule has 0 bridgehead atoms. The zero-order valence-corrected chi connectivity index (χ0v) is 6.71. The van der Waals surface area contributed by atoms with Gasteiger partial charge in [-0.25, -0.2) is 5.01 Å². The fourth-order valence-electron chi connectivity index (χ4n) is 0.853. The fraction of sp³-hybridized carbons (Fsp3) is 0.667. The van der Waals surface area contributed by atoms with Gasteiger partial charge in [-0.05, 0) is 6.42 Å². The summed E-state index contributed by atoms with van der Waals surface area (Å²) in [5, 5.41) is 4.97. The van der Waals surface area contributed by atoms with Crippen molar-refractivity contribution in [3.8, 4) is 0 Å². The molecule has 1 rings (SSSR count). The lowest BCUT2D eigenvalue weighted by atomic mass is 10.1. The van der Waals surface area contributed by atoms with E-state index in [-0.39, 0.29) is 5.24 Å². The minimum Gasteiger partial charge on any atom is -0.260 e. The lowest BCUT2D eigenvalue weighted by Gasteiger charge is -2.08. The van der Waals surface area contributed by atoms with E-state index in [4.69, 9.17) is 0 Å². The molecule has 10 heavy (non-hydrogen) atoms. The number of thiol groups is 1. The summed E-state index contributed by atoms with van der Waals surface area (Å²) in [5.74, 6) is 0.427. The van der Waals surface area contributed by atoms with Gasteiger partial charge in [0.2, 0.25) is 0 Å². The van der Waals surface area contributed by atoms with Gasteiger partial charge in [-0.15, -0.1) is 0 Å². The van der Waals surface area contributed by atoms with E-state index in [0.717, 1.165) is 6.42 Å². The third-order valence-corrected chi connectivity index (χ3v) is 1.80. The molecule has 0 spiro atoms. The molecule has 1 amide bonds. The Morgan fingerprint density at radius 2 is 2.70 bits per heavy atom. The Hall–Kier alpha value is -0.510. The third kappa shape index (κ3) is 1.50. The number of nitrogens with zero attached hydrogens (tertiary/aromatic N) is 2. The van der Waals surface area contributed by atoms with Crippen molar-refractivity contribution in [2.75, 3.05) is 6.54 Å². The van der Waals surface area contributed by atoms with E-state index in [1.807, 2.05) is 0 Å². The molecular formula is C6H10N2OS. The molecule has 0 aliphatic carbocycles. The van der Waals surface area contributed by atoms with Crippen LogP contribution in [0.1, 0.15) is 13.3 Å². The van der Waals surface area contributed by atoms with Gasteiger partial charge in [0.25, 0.3) is 5.24 Å². The molecule has 0 aromatic heterocycles. The number of hydrogen-bond acceptors (Lipinski definition) is 2. The van der Waals surface area contributed by atoms with Crippen LogP contribution >= 0.6 is 12.6 Å². The molecule has 0 saturated heterocycles. The van der Waals surface area contributed by atoms with E-state index in [2.05, 4.69) is 24.7 Å². The Kier molecular flexibility index (Phi) is 2.32. The molecule has 1 atom stereocenters. The van der Waals surface area contributed by atoms with Crippen molar-refractivity contribution in [2.45, 2.75) is 13.3 Å². The molecule has 1 aliphatic heterocycles. The lowest BCUT2D eigenvalue weighted by Crippen LogP contribution is -2.20. The smallest absolute Gasteiger partial charge is 0.260 e. The van der Waals surface area contributed by atoms with Crippen LogP contribution in [-0.4, -0.2) is 23.0 Å². The van der Waals surface area contributed by atoms with Gasteiger partial charge in [0.15, 0.2) is 0 Å². The monoisotopic (exact) mass is 158 g/mol. The van der Waals surface area contributed by atoms with Gasteiger partial charge in [-0.1, -0.05) is 19.6 Å². The molecule has 0 aromatic rings. The molecule has 0 aromatic carbocycles. The molecule has 4 heteroatoms. The third-order valence-electron chi connectivity index (χ3n) is 1.57. The number of rotatable bonds is 1. The summed E-state index contributed by atoms with van der Waals surface area (Å²) in [6.07, 6.45) is 2.83. The maximum Gasteiger partial charge on any atom is 0.298 e. The molecular weight excluding hydrogens is 148 g/mol. The van der Waals surface area contributed by atoms with Crippen molar-refractivity contribution in [2.24, 2.45) is 11.0 Å². The Balaban J connectivity index is 2.45. The molecule has 0 N–H and O–H groups in total. The van der Waals surface area contributed by atoms with E-state index >= 15 is 0 Å². The Labute approximate surface area is 65.5 Å². The van der Waals surface area contributed by atoms with Crippen molar-refractivity contribution >= 4 is 24.1 Å². The molecule has 1 heterocycles. The molecule has 0 fully saturated rings. The lowest BCUT2D eigenvalue weighted by molar-refractivity contribution is 0.227. The molecule has 56 valence electrons. The minimum atomic E-state index is -0.271. The average Bonchev–Trinajstić information content (AvgIpc) is 2.34. The highest BCUT2D eigenvalue weighted by molar-refractivity contribution is 7.96. The SMILES string of the molecule is CCC1C=NN(C(=O)S)C1. The van der Waals surface area contributed by atoms with Crippen LogP contribution < -0.4 is 0 Å². The number of amides is 1. The highest BCUT2D eigenvalue weighted by Crippen LogP contribution is 2.12. The van der Waals surface area contributed by atoms with E-state index < -0.39 is 0 Å². The number of hydrogen-bond donors (Lipinski definition) is 1. The van der Waals surface area contributed by atoms with Crippen molar-refractivity contribution in [1.82, 2.24) is 5.01 Å². The summed E-state index contributed by atoms with van der Waals surface area (Å²) in [5.41, 5.74) is 0. The molecule has 3 nitrogen and oxygen atoms in total. The Bertz CT molecular complexity index is 169. The summed E-state index contributed by atoms with van der Waals surface area (Å²) < 4.78 is 0. The first-order valence-corrected chi connectivity index (χ1v) is 3.73. The van der Waals surface area contributed by atoms with Crippen molar-refractivity contribution < 1.29 is 4.79 Å². The van der Waals surface area contributed by atoms with E-state index in [9.17, 15) is 4.79 Å². The first kappa shape index (κ1) is 7.60. The summed E-state index contributed by atoms with van der Waals surface area (Å²) in [7, 11) is 0. The maximum atomic E-state index is 10.6. The maximum absolute atomic E-state index is 10.6.